The molecular formula is C17H21N3O. The minimum atomic E-state index is 0.558. The third kappa shape index (κ3) is 2.72. The fourth-order valence-corrected chi connectivity index (χ4v) is 2.65. The molecule has 110 valence electrons. The van der Waals surface area contributed by atoms with Gasteiger partial charge in [-0.25, -0.2) is 4.98 Å². The van der Waals surface area contributed by atoms with E-state index in [-0.39, 0.29) is 0 Å². The van der Waals surface area contributed by atoms with E-state index in [9.17, 15) is 0 Å². The lowest BCUT2D eigenvalue weighted by Crippen LogP contribution is -2.05. The number of nitrogens with zero attached hydrogens (tertiary/aromatic N) is 2. The van der Waals surface area contributed by atoms with Gasteiger partial charge >= 0.3 is 0 Å². The van der Waals surface area contributed by atoms with Gasteiger partial charge in [0.15, 0.2) is 0 Å². The number of nitrogen functional groups attached to an aromatic ring is 1. The first-order chi connectivity index (χ1) is 10.2. The van der Waals surface area contributed by atoms with Crippen LogP contribution in [0.3, 0.4) is 0 Å². The van der Waals surface area contributed by atoms with E-state index in [4.69, 9.17) is 15.5 Å². The van der Waals surface area contributed by atoms with Crippen LogP contribution in [0.4, 0.5) is 5.82 Å². The van der Waals surface area contributed by atoms with Crippen molar-refractivity contribution in [3.05, 3.63) is 48.3 Å². The molecule has 0 amide bonds. The topological polar surface area (TPSA) is 53.1 Å². The van der Waals surface area contributed by atoms with E-state index in [1.165, 1.54) is 12.8 Å². The molecule has 2 aromatic rings. The molecule has 0 saturated heterocycles. The van der Waals surface area contributed by atoms with E-state index in [2.05, 4.69) is 17.2 Å². The normalized spacial score (nSPS) is 14.3. The van der Waals surface area contributed by atoms with Gasteiger partial charge in [-0.1, -0.05) is 24.3 Å². The van der Waals surface area contributed by atoms with Crippen LogP contribution in [-0.4, -0.2) is 16.7 Å². The minimum absolute atomic E-state index is 0.558. The predicted octanol–water partition coefficient (Wildman–Crippen LogP) is 3.34. The lowest BCUT2D eigenvalue weighted by Gasteiger charge is -2.06. The second-order valence-electron chi connectivity index (χ2n) is 5.51. The molecule has 4 heteroatoms. The summed E-state index contributed by atoms with van der Waals surface area (Å²) in [7, 11) is 1.70. The zero-order valence-corrected chi connectivity index (χ0v) is 12.4. The molecule has 4 nitrogen and oxygen atoms in total. The maximum absolute atomic E-state index is 6.33. The summed E-state index contributed by atoms with van der Waals surface area (Å²) in [6.45, 7) is 5.12. The molecule has 0 atom stereocenters. The molecule has 21 heavy (non-hydrogen) atoms. The lowest BCUT2D eigenvalue weighted by molar-refractivity contribution is 0.185. The fourth-order valence-electron chi connectivity index (χ4n) is 2.65. The summed E-state index contributed by atoms with van der Waals surface area (Å²) in [5, 5.41) is 0. The lowest BCUT2D eigenvalue weighted by atomic mass is 10.1. The number of hydrogen-bond acceptors (Lipinski definition) is 3. The first-order valence-electron chi connectivity index (χ1n) is 7.29. The molecule has 1 aromatic heterocycles. The number of allylic oxidation sites excluding steroid dienone is 1. The number of methoxy groups -OCH3 is 1. The Bertz CT molecular complexity index is 656. The highest BCUT2D eigenvalue weighted by atomic mass is 16.5. The zero-order chi connectivity index (χ0) is 14.8. The smallest absolute Gasteiger partial charge is 0.132 e. The highest BCUT2D eigenvalue weighted by molar-refractivity contribution is 5.71. The zero-order valence-electron chi connectivity index (χ0n) is 12.4. The van der Waals surface area contributed by atoms with Gasteiger partial charge in [0, 0.05) is 25.1 Å². The Morgan fingerprint density at radius 1 is 1.48 bits per heavy atom. The Morgan fingerprint density at radius 3 is 2.95 bits per heavy atom. The van der Waals surface area contributed by atoms with Crippen molar-refractivity contribution in [3.63, 3.8) is 0 Å². The molecule has 1 aromatic carbocycles. The number of ether oxygens (including phenoxy) is 1. The number of aromatic nitrogens is 2. The first-order valence-corrected chi connectivity index (χ1v) is 7.29. The molecule has 3 rings (SSSR count). The van der Waals surface area contributed by atoms with Crippen LogP contribution in [-0.2, 0) is 17.9 Å². The number of nitrogens with two attached hydrogens (primary N) is 1. The number of hydrogen-bond donors (Lipinski definition) is 1. The van der Waals surface area contributed by atoms with Crippen LogP contribution in [0, 0.1) is 0 Å². The Kier molecular flexibility index (Phi) is 3.80. The summed E-state index contributed by atoms with van der Waals surface area (Å²) in [6.07, 6.45) is 4.28. The van der Waals surface area contributed by atoms with Gasteiger partial charge < -0.3 is 15.0 Å². The van der Waals surface area contributed by atoms with Crippen LogP contribution >= 0.6 is 0 Å². The average molecular weight is 283 g/mol. The summed E-state index contributed by atoms with van der Waals surface area (Å²) in [5.74, 6) is 2.38. The Labute approximate surface area is 125 Å². The maximum Gasteiger partial charge on any atom is 0.132 e. The molecule has 1 aliphatic carbocycles. The van der Waals surface area contributed by atoms with Gasteiger partial charge in [-0.2, -0.15) is 0 Å². The van der Waals surface area contributed by atoms with Gasteiger partial charge in [0.1, 0.15) is 17.3 Å². The Balaban J connectivity index is 2.03. The van der Waals surface area contributed by atoms with Gasteiger partial charge in [-0.15, -0.1) is 6.58 Å². The van der Waals surface area contributed by atoms with Crippen LogP contribution in [0.2, 0.25) is 0 Å². The van der Waals surface area contributed by atoms with Gasteiger partial charge in [0.2, 0.25) is 0 Å². The van der Waals surface area contributed by atoms with Crippen molar-refractivity contribution in [1.82, 2.24) is 9.55 Å². The fraction of sp³-hybridized carbons (Fsp3) is 0.353. The van der Waals surface area contributed by atoms with E-state index in [1.54, 1.807) is 7.11 Å². The van der Waals surface area contributed by atoms with Crippen molar-refractivity contribution in [3.8, 4) is 11.3 Å². The molecule has 1 heterocycles. The molecule has 0 unspecified atom stereocenters. The van der Waals surface area contributed by atoms with Gasteiger partial charge in [-0.05, 0) is 24.5 Å². The average Bonchev–Trinajstić information content (AvgIpc) is 3.27. The van der Waals surface area contributed by atoms with Gasteiger partial charge in [0.25, 0.3) is 0 Å². The molecular weight excluding hydrogens is 262 g/mol. The largest absolute Gasteiger partial charge is 0.383 e. The number of benzene rings is 1. The van der Waals surface area contributed by atoms with E-state index in [0.717, 1.165) is 28.5 Å². The second-order valence-corrected chi connectivity index (χ2v) is 5.51. The standard InChI is InChI=1S/C17H21N3O/c1-3-9-20-16(18)15(19-17(20)13-7-8-13)14-6-4-5-12(10-14)11-21-2/h3-6,10,13H,1,7-9,11,18H2,2H3. The number of anilines is 1. The summed E-state index contributed by atoms with van der Waals surface area (Å²) in [4.78, 5) is 4.81. The van der Waals surface area contributed by atoms with Crippen LogP contribution in [0.15, 0.2) is 36.9 Å². The molecule has 0 aliphatic heterocycles. The van der Waals surface area contributed by atoms with Crippen molar-refractivity contribution in [2.75, 3.05) is 12.8 Å². The van der Waals surface area contributed by atoms with Crippen LogP contribution in [0.1, 0.15) is 30.1 Å². The third-order valence-electron chi connectivity index (χ3n) is 3.80. The van der Waals surface area contributed by atoms with E-state index in [0.29, 0.717) is 19.1 Å². The second kappa shape index (κ2) is 5.74. The monoisotopic (exact) mass is 283 g/mol. The van der Waals surface area contributed by atoms with Crippen molar-refractivity contribution in [2.45, 2.75) is 31.9 Å². The van der Waals surface area contributed by atoms with Crippen LogP contribution in [0.25, 0.3) is 11.3 Å². The molecule has 2 N–H and O–H groups in total. The van der Waals surface area contributed by atoms with E-state index in [1.807, 2.05) is 24.3 Å². The van der Waals surface area contributed by atoms with E-state index < -0.39 is 0 Å². The molecule has 0 bridgehead atoms. The van der Waals surface area contributed by atoms with Gasteiger partial charge in [0.05, 0.1) is 6.61 Å². The highest BCUT2D eigenvalue weighted by Crippen LogP contribution is 2.42. The maximum atomic E-state index is 6.33. The number of imidazole rings is 1. The van der Waals surface area contributed by atoms with Crippen molar-refractivity contribution >= 4 is 5.82 Å². The molecule has 1 saturated carbocycles. The summed E-state index contributed by atoms with van der Waals surface area (Å²) in [5.41, 5.74) is 9.38. The van der Waals surface area contributed by atoms with Gasteiger partial charge in [-0.3, -0.25) is 0 Å². The minimum Gasteiger partial charge on any atom is -0.383 e. The summed E-state index contributed by atoms with van der Waals surface area (Å²) < 4.78 is 7.28. The molecule has 1 fully saturated rings. The molecule has 0 radical (unpaired) electrons. The quantitative estimate of drug-likeness (QED) is 0.827. The van der Waals surface area contributed by atoms with Crippen molar-refractivity contribution < 1.29 is 4.74 Å². The number of rotatable bonds is 6. The van der Waals surface area contributed by atoms with Crippen LogP contribution < -0.4 is 5.73 Å². The summed E-state index contributed by atoms with van der Waals surface area (Å²) >= 11 is 0. The highest BCUT2D eigenvalue weighted by Gasteiger charge is 2.30. The Morgan fingerprint density at radius 2 is 2.29 bits per heavy atom. The third-order valence-corrected chi connectivity index (χ3v) is 3.80. The first kappa shape index (κ1) is 13.9. The van der Waals surface area contributed by atoms with Crippen molar-refractivity contribution in [2.24, 2.45) is 0 Å². The van der Waals surface area contributed by atoms with Crippen molar-refractivity contribution in [1.29, 1.82) is 0 Å². The molecule has 0 spiro atoms. The SMILES string of the molecule is C=CCn1c(C2CC2)nc(-c2cccc(COC)c2)c1N. The Hall–Kier alpha value is -2.07. The predicted molar refractivity (Wildman–Crippen MR) is 85.0 cm³/mol. The molecule has 1 aliphatic rings. The van der Waals surface area contributed by atoms with Crippen LogP contribution in [0.5, 0.6) is 0 Å². The van der Waals surface area contributed by atoms with E-state index >= 15 is 0 Å². The summed E-state index contributed by atoms with van der Waals surface area (Å²) in [6, 6.07) is 8.21.